The largest absolute Gasteiger partial charge is 0.393 e. The number of carbonyl (C=O) groups is 1. The number of likely N-dealkylation sites (tertiary alicyclic amines) is 1. The SMILES string of the molecule is Cc1cc(N(C)C)ccc1NC(=O)N1CCC(C(C)O)CC1. The summed E-state index contributed by atoms with van der Waals surface area (Å²) in [6, 6.07) is 5.97. The van der Waals surface area contributed by atoms with Gasteiger partial charge in [0.1, 0.15) is 0 Å². The Labute approximate surface area is 132 Å². The lowest BCUT2D eigenvalue weighted by Gasteiger charge is -2.33. The van der Waals surface area contributed by atoms with E-state index < -0.39 is 0 Å². The molecule has 5 nitrogen and oxygen atoms in total. The molecule has 22 heavy (non-hydrogen) atoms. The van der Waals surface area contributed by atoms with Crippen LogP contribution in [0.2, 0.25) is 0 Å². The van der Waals surface area contributed by atoms with Crippen molar-refractivity contribution in [3.05, 3.63) is 23.8 Å². The predicted octanol–water partition coefficient (Wildman–Crippen LogP) is 2.69. The Morgan fingerprint density at radius 1 is 1.36 bits per heavy atom. The zero-order chi connectivity index (χ0) is 16.3. The molecular formula is C17H27N3O2. The summed E-state index contributed by atoms with van der Waals surface area (Å²) in [4.78, 5) is 16.2. The fraction of sp³-hybridized carbons (Fsp3) is 0.588. The van der Waals surface area contributed by atoms with Gasteiger partial charge in [-0.2, -0.15) is 0 Å². The van der Waals surface area contributed by atoms with Gasteiger partial charge in [-0.3, -0.25) is 0 Å². The minimum absolute atomic E-state index is 0.0512. The third kappa shape index (κ3) is 3.91. The first-order valence-electron chi connectivity index (χ1n) is 7.90. The van der Waals surface area contributed by atoms with Gasteiger partial charge in [0.2, 0.25) is 0 Å². The smallest absolute Gasteiger partial charge is 0.321 e. The fourth-order valence-electron chi connectivity index (χ4n) is 2.85. The molecule has 1 atom stereocenters. The maximum absolute atomic E-state index is 12.4. The second-order valence-electron chi connectivity index (χ2n) is 6.39. The summed E-state index contributed by atoms with van der Waals surface area (Å²) < 4.78 is 0. The summed E-state index contributed by atoms with van der Waals surface area (Å²) in [5, 5.41) is 12.6. The van der Waals surface area contributed by atoms with Gasteiger partial charge in [-0.1, -0.05) is 0 Å². The zero-order valence-corrected chi connectivity index (χ0v) is 14.0. The Bertz CT molecular complexity index is 521. The number of carbonyl (C=O) groups excluding carboxylic acids is 1. The molecular weight excluding hydrogens is 278 g/mol. The van der Waals surface area contributed by atoms with Crippen molar-refractivity contribution < 1.29 is 9.90 Å². The van der Waals surface area contributed by atoms with Crippen molar-refractivity contribution in [1.29, 1.82) is 0 Å². The van der Waals surface area contributed by atoms with Gasteiger partial charge in [-0.05, 0) is 56.4 Å². The van der Waals surface area contributed by atoms with Gasteiger partial charge in [0, 0.05) is 38.6 Å². The van der Waals surface area contributed by atoms with E-state index in [4.69, 9.17) is 0 Å². The number of aliphatic hydroxyl groups excluding tert-OH is 1. The van der Waals surface area contributed by atoms with Crippen molar-refractivity contribution >= 4 is 17.4 Å². The molecule has 1 aliphatic rings. The van der Waals surface area contributed by atoms with Gasteiger partial charge in [-0.15, -0.1) is 0 Å². The summed E-state index contributed by atoms with van der Waals surface area (Å²) in [5.74, 6) is 0.310. The van der Waals surface area contributed by atoms with Crippen LogP contribution in [0.25, 0.3) is 0 Å². The second-order valence-corrected chi connectivity index (χ2v) is 6.39. The minimum atomic E-state index is -0.286. The monoisotopic (exact) mass is 305 g/mol. The normalized spacial score (nSPS) is 17.2. The number of hydrogen-bond donors (Lipinski definition) is 2. The van der Waals surface area contributed by atoms with Crippen LogP contribution >= 0.6 is 0 Å². The highest BCUT2D eigenvalue weighted by atomic mass is 16.3. The van der Waals surface area contributed by atoms with Crippen LogP contribution in [-0.4, -0.2) is 49.3 Å². The van der Waals surface area contributed by atoms with Gasteiger partial charge in [0.25, 0.3) is 0 Å². The molecule has 0 bridgehead atoms. The van der Waals surface area contributed by atoms with Crippen LogP contribution in [0.1, 0.15) is 25.3 Å². The third-order valence-corrected chi connectivity index (χ3v) is 4.48. The molecule has 0 aromatic heterocycles. The average molecular weight is 305 g/mol. The molecule has 0 aliphatic carbocycles. The lowest BCUT2D eigenvalue weighted by atomic mass is 9.92. The topological polar surface area (TPSA) is 55.8 Å². The van der Waals surface area contributed by atoms with Crippen molar-refractivity contribution in [2.75, 3.05) is 37.4 Å². The van der Waals surface area contributed by atoms with E-state index in [1.54, 1.807) is 0 Å². The molecule has 1 unspecified atom stereocenters. The van der Waals surface area contributed by atoms with Crippen molar-refractivity contribution in [1.82, 2.24) is 4.90 Å². The molecule has 1 aromatic carbocycles. The van der Waals surface area contributed by atoms with E-state index >= 15 is 0 Å². The summed E-state index contributed by atoms with van der Waals surface area (Å²) >= 11 is 0. The number of nitrogens with zero attached hydrogens (tertiary/aromatic N) is 2. The van der Waals surface area contributed by atoms with Gasteiger partial charge in [-0.25, -0.2) is 4.79 Å². The highest BCUT2D eigenvalue weighted by Gasteiger charge is 2.25. The first-order valence-corrected chi connectivity index (χ1v) is 7.90. The quantitative estimate of drug-likeness (QED) is 0.903. The summed E-state index contributed by atoms with van der Waals surface area (Å²) in [6.07, 6.45) is 1.44. The van der Waals surface area contributed by atoms with Gasteiger partial charge >= 0.3 is 6.03 Å². The molecule has 122 valence electrons. The standard InChI is InChI=1S/C17H27N3O2/c1-12-11-15(19(3)4)5-6-16(12)18-17(22)20-9-7-14(8-10-20)13(2)21/h5-6,11,13-14,21H,7-10H2,1-4H3,(H,18,22). The molecule has 1 saturated heterocycles. The van der Waals surface area contributed by atoms with E-state index in [0.717, 1.165) is 29.8 Å². The number of anilines is 2. The molecule has 0 spiro atoms. The first-order chi connectivity index (χ1) is 10.4. The fourth-order valence-corrected chi connectivity index (χ4v) is 2.85. The number of aliphatic hydroxyl groups is 1. The van der Waals surface area contributed by atoms with E-state index in [2.05, 4.69) is 11.4 Å². The Kier molecular flexibility index (Phi) is 5.29. The molecule has 2 amide bonds. The van der Waals surface area contributed by atoms with Crippen molar-refractivity contribution in [2.24, 2.45) is 5.92 Å². The molecule has 0 saturated carbocycles. The summed E-state index contributed by atoms with van der Waals surface area (Å²) in [5.41, 5.74) is 3.03. The molecule has 1 heterocycles. The van der Waals surface area contributed by atoms with E-state index in [0.29, 0.717) is 19.0 Å². The minimum Gasteiger partial charge on any atom is -0.393 e. The average Bonchev–Trinajstić information content (AvgIpc) is 2.49. The Balaban J connectivity index is 1.95. The molecule has 1 fully saturated rings. The lowest BCUT2D eigenvalue weighted by Crippen LogP contribution is -2.42. The van der Waals surface area contributed by atoms with Crippen LogP contribution in [0, 0.1) is 12.8 Å². The van der Waals surface area contributed by atoms with Crippen molar-refractivity contribution in [3.8, 4) is 0 Å². The lowest BCUT2D eigenvalue weighted by molar-refractivity contribution is 0.0820. The number of piperidine rings is 1. The number of aryl methyl sites for hydroxylation is 1. The number of hydrogen-bond acceptors (Lipinski definition) is 3. The van der Waals surface area contributed by atoms with Gasteiger partial charge in [0.15, 0.2) is 0 Å². The van der Waals surface area contributed by atoms with Gasteiger partial charge in [0.05, 0.1) is 6.10 Å². The number of amides is 2. The predicted molar refractivity (Wildman–Crippen MR) is 90.5 cm³/mol. The van der Waals surface area contributed by atoms with E-state index in [9.17, 15) is 9.90 Å². The maximum atomic E-state index is 12.4. The van der Waals surface area contributed by atoms with E-state index in [1.807, 2.05) is 49.9 Å². The highest BCUT2D eigenvalue weighted by Crippen LogP contribution is 2.24. The van der Waals surface area contributed by atoms with Crippen molar-refractivity contribution in [3.63, 3.8) is 0 Å². The van der Waals surface area contributed by atoms with Crippen LogP contribution in [0.3, 0.4) is 0 Å². The molecule has 1 aliphatic heterocycles. The molecule has 5 heteroatoms. The van der Waals surface area contributed by atoms with Crippen LogP contribution in [0.5, 0.6) is 0 Å². The number of benzene rings is 1. The summed E-state index contributed by atoms with van der Waals surface area (Å²) in [7, 11) is 4.00. The molecule has 1 aromatic rings. The number of rotatable bonds is 3. The van der Waals surface area contributed by atoms with Crippen LogP contribution in [0.15, 0.2) is 18.2 Å². The van der Waals surface area contributed by atoms with Crippen LogP contribution in [0.4, 0.5) is 16.2 Å². The van der Waals surface area contributed by atoms with Crippen LogP contribution in [-0.2, 0) is 0 Å². The third-order valence-electron chi connectivity index (χ3n) is 4.48. The molecule has 0 radical (unpaired) electrons. The summed E-state index contributed by atoms with van der Waals surface area (Å²) in [6.45, 7) is 5.24. The maximum Gasteiger partial charge on any atom is 0.321 e. The van der Waals surface area contributed by atoms with Crippen molar-refractivity contribution in [2.45, 2.75) is 32.8 Å². The Morgan fingerprint density at radius 2 is 2.00 bits per heavy atom. The number of nitrogens with one attached hydrogen (secondary N) is 1. The molecule has 2 rings (SSSR count). The van der Waals surface area contributed by atoms with E-state index in [-0.39, 0.29) is 12.1 Å². The van der Waals surface area contributed by atoms with Gasteiger partial charge < -0.3 is 20.2 Å². The number of urea groups is 1. The Morgan fingerprint density at radius 3 is 2.50 bits per heavy atom. The highest BCUT2D eigenvalue weighted by molar-refractivity contribution is 5.90. The molecule has 2 N–H and O–H groups in total. The Hall–Kier alpha value is -1.75. The zero-order valence-electron chi connectivity index (χ0n) is 14.0. The van der Waals surface area contributed by atoms with Crippen LogP contribution < -0.4 is 10.2 Å². The van der Waals surface area contributed by atoms with E-state index in [1.165, 1.54) is 0 Å². The first kappa shape index (κ1) is 16.6. The second kappa shape index (κ2) is 7.01.